The molecule has 0 spiro atoms. The molecular formula is C26H30N2O6S. The summed E-state index contributed by atoms with van der Waals surface area (Å²) < 4.78 is 38.1. The molecule has 0 radical (unpaired) electrons. The van der Waals surface area contributed by atoms with Gasteiger partial charge in [0.25, 0.3) is 5.91 Å². The lowest BCUT2D eigenvalue weighted by Crippen LogP contribution is -2.35. The first-order valence-electron chi connectivity index (χ1n) is 11.7. The maximum atomic E-state index is 13.0. The first-order chi connectivity index (χ1) is 16.6. The van der Waals surface area contributed by atoms with Crippen LogP contribution in [0, 0.1) is 20.8 Å². The third-order valence-electron chi connectivity index (χ3n) is 6.40. The molecule has 1 aromatic heterocycles. The normalized spacial score (nSPS) is 14.7. The molecule has 0 atom stereocenters. The van der Waals surface area contributed by atoms with Gasteiger partial charge in [0.15, 0.2) is 6.61 Å². The van der Waals surface area contributed by atoms with E-state index in [0.717, 1.165) is 35.8 Å². The second kappa shape index (κ2) is 10.2. The summed E-state index contributed by atoms with van der Waals surface area (Å²) in [6.45, 7) is 6.27. The Kier molecular flexibility index (Phi) is 7.28. The summed E-state index contributed by atoms with van der Waals surface area (Å²) in [7, 11) is -3.63. The van der Waals surface area contributed by atoms with Gasteiger partial charge in [0, 0.05) is 29.7 Å². The number of hydrogen-bond donors (Lipinski definition) is 1. The van der Waals surface area contributed by atoms with Crippen LogP contribution >= 0.6 is 0 Å². The van der Waals surface area contributed by atoms with Gasteiger partial charge in [-0.05, 0) is 74.6 Å². The molecule has 1 aliphatic rings. The SMILES string of the molecule is Cc1cc2occ(CC(=O)OCC(=O)Nc3cc(S(=O)(=O)N4CCCCC4)ccc3C)c2cc1C. The molecule has 4 rings (SSSR count). The van der Waals surface area contributed by atoms with E-state index in [0.29, 0.717) is 35.5 Å². The van der Waals surface area contributed by atoms with Crippen LogP contribution in [-0.4, -0.2) is 44.3 Å². The Balaban J connectivity index is 1.37. The van der Waals surface area contributed by atoms with Crippen LogP contribution in [-0.2, 0) is 30.8 Å². The first kappa shape index (κ1) is 24.9. The number of carbonyl (C=O) groups excluding carboxylic acids is 2. The molecule has 1 amide bonds. The topological polar surface area (TPSA) is 106 Å². The van der Waals surface area contributed by atoms with Crippen LogP contribution in [0.3, 0.4) is 0 Å². The summed E-state index contributed by atoms with van der Waals surface area (Å²) in [6, 6.07) is 8.56. The van der Waals surface area contributed by atoms with Crippen molar-refractivity contribution in [3.05, 3.63) is 58.8 Å². The molecule has 0 unspecified atom stereocenters. The first-order valence-corrected chi connectivity index (χ1v) is 13.1. The van der Waals surface area contributed by atoms with Gasteiger partial charge in [0.1, 0.15) is 5.58 Å². The summed E-state index contributed by atoms with van der Waals surface area (Å²) in [5.41, 5.74) is 4.66. The zero-order valence-electron chi connectivity index (χ0n) is 20.2. The van der Waals surface area contributed by atoms with Gasteiger partial charge < -0.3 is 14.5 Å². The largest absolute Gasteiger partial charge is 0.464 e. The van der Waals surface area contributed by atoms with Crippen LogP contribution in [0.4, 0.5) is 5.69 Å². The van der Waals surface area contributed by atoms with Crippen LogP contribution in [0.5, 0.6) is 0 Å². The smallest absolute Gasteiger partial charge is 0.310 e. The van der Waals surface area contributed by atoms with Gasteiger partial charge in [0.05, 0.1) is 17.6 Å². The molecule has 0 saturated carbocycles. The molecule has 0 aliphatic carbocycles. The molecule has 8 nitrogen and oxygen atoms in total. The van der Waals surface area contributed by atoms with Gasteiger partial charge in [-0.2, -0.15) is 4.31 Å². The van der Waals surface area contributed by atoms with Crippen molar-refractivity contribution in [2.45, 2.75) is 51.3 Å². The fraction of sp³-hybridized carbons (Fsp3) is 0.385. The second-order valence-electron chi connectivity index (χ2n) is 9.02. The van der Waals surface area contributed by atoms with Gasteiger partial charge in [-0.15, -0.1) is 0 Å². The van der Waals surface area contributed by atoms with E-state index >= 15 is 0 Å². The number of carbonyl (C=O) groups is 2. The lowest BCUT2D eigenvalue weighted by Gasteiger charge is -2.26. The molecule has 1 aliphatic heterocycles. The maximum absolute atomic E-state index is 13.0. The highest BCUT2D eigenvalue weighted by atomic mass is 32.2. The Morgan fingerprint density at radius 1 is 1.00 bits per heavy atom. The zero-order valence-corrected chi connectivity index (χ0v) is 21.0. The number of nitrogens with one attached hydrogen (secondary N) is 1. The number of ether oxygens (including phenoxy) is 1. The van der Waals surface area contributed by atoms with Gasteiger partial charge in [-0.1, -0.05) is 12.5 Å². The fourth-order valence-electron chi connectivity index (χ4n) is 4.16. The van der Waals surface area contributed by atoms with Crippen molar-refractivity contribution in [2.24, 2.45) is 0 Å². The van der Waals surface area contributed by atoms with E-state index in [1.807, 2.05) is 26.0 Å². The summed E-state index contributed by atoms with van der Waals surface area (Å²) in [5.74, 6) is -1.10. The number of hydrogen-bond acceptors (Lipinski definition) is 6. The minimum Gasteiger partial charge on any atom is -0.464 e. The quantitative estimate of drug-likeness (QED) is 0.488. The van der Waals surface area contributed by atoms with Crippen molar-refractivity contribution in [3.8, 4) is 0 Å². The Hall–Kier alpha value is -3.17. The third kappa shape index (κ3) is 5.57. The monoisotopic (exact) mass is 498 g/mol. The van der Waals surface area contributed by atoms with E-state index in [2.05, 4.69) is 5.32 Å². The lowest BCUT2D eigenvalue weighted by molar-refractivity contribution is -0.146. The number of piperidine rings is 1. The van der Waals surface area contributed by atoms with E-state index in [1.165, 1.54) is 16.6 Å². The molecule has 1 N–H and O–H groups in total. The van der Waals surface area contributed by atoms with Crippen molar-refractivity contribution in [2.75, 3.05) is 25.0 Å². The summed E-state index contributed by atoms with van der Waals surface area (Å²) in [5, 5.41) is 3.51. The van der Waals surface area contributed by atoms with Crippen LogP contribution in [0.15, 0.2) is 45.9 Å². The van der Waals surface area contributed by atoms with Crippen molar-refractivity contribution < 1.29 is 27.2 Å². The van der Waals surface area contributed by atoms with Crippen LogP contribution < -0.4 is 5.32 Å². The summed E-state index contributed by atoms with van der Waals surface area (Å²) in [4.78, 5) is 25.0. The standard InChI is InChI=1S/C26H30N2O6S/c1-17-7-8-21(35(31,32)28-9-5-4-6-10-28)14-23(17)27-25(29)16-34-26(30)13-20-15-33-24-12-19(3)18(2)11-22(20)24/h7-8,11-12,14-15H,4-6,9-10,13,16H2,1-3H3,(H,27,29). The van der Waals surface area contributed by atoms with Gasteiger partial charge in [-0.3, -0.25) is 9.59 Å². The number of amides is 1. The van der Waals surface area contributed by atoms with Crippen molar-refractivity contribution >= 4 is 38.6 Å². The molecular weight excluding hydrogens is 468 g/mol. The molecule has 9 heteroatoms. The number of sulfonamides is 1. The van der Waals surface area contributed by atoms with Gasteiger partial charge in [-0.25, -0.2) is 8.42 Å². The molecule has 1 saturated heterocycles. The number of esters is 1. The zero-order chi connectivity index (χ0) is 25.2. The Bertz CT molecular complexity index is 1370. The Morgan fingerprint density at radius 2 is 1.71 bits per heavy atom. The third-order valence-corrected chi connectivity index (χ3v) is 8.30. The van der Waals surface area contributed by atoms with E-state index in [4.69, 9.17) is 9.15 Å². The van der Waals surface area contributed by atoms with Gasteiger partial charge in [0.2, 0.25) is 10.0 Å². The van der Waals surface area contributed by atoms with Gasteiger partial charge >= 0.3 is 5.97 Å². The number of furan rings is 1. The van der Waals surface area contributed by atoms with E-state index in [1.54, 1.807) is 19.1 Å². The number of nitrogens with zero attached hydrogens (tertiary/aromatic N) is 1. The molecule has 186 valence electrons. The minimum absolute atomic E-state index is 0.0224. The predicted molar refractivity (Wildman–Crippen MR) is 133 cm³/mol. The van der Waals surface area contributed by atoms with E-state index in [9.17, 15) is 18.0 Å². The molecule has 3 aromatic rings. The molecule has 1 fully saturated rings. The summed E-state index contributed by atoms with van der Waals surface area (Å²) in [6.07, 6.45) is 4.21. The maximum Gasteiger partial charge on any atom is 0.310 e. The summed E-state index contributed by atoms with van der Waals surface area (Å²) >= 11 is 0. The lowest BCUT2D eigenvalue weighted by atomic mass is 10.0. The molecule has 2 heterocycles. The molecule has 35 heavy (non-hydrogen) atoms. The number of aryl methyl sites for hydroxylation is 3. The average Bonchev–Trinajstić information content (AvgIpc) is 3.21. The predicted octanol–water partition coefficient (Wildman–Crippen LogP) is 4.26. The van der Waals surface area contributed by atoms with Crippen molar-refractivity contribution in [1.29, 1.82) is 0 Å². The second-order valence-corrected chi connectivity index (χ2v) is 11.0. The minimum atomic E-state index is -3.63. The number of anilines is 1. The highest BCUT2D eigenvalue weighted by Gasteiger charge is 2.26. The Labute approximate surface area is 205 Å². The number of fused-ring (bicyclic) bond motifs is 1. The molecule has 2 aromatic carbocycles. The van der Waals surface area contributed by atoms with Crippen molar-refractivity contribution in [3.63, 3.8) is 0 Å². The number of benzene rings is 2. The van der Waals surface area contributed by atoms with Crippen LogP contribution in [0.2, 0.25) is 0 Å². The molecule has 0 bridgehead atoms. The highest BCUT2D eigenvalue weighted by molar-refractivity contribution is 7.89. The Morgan fingerprint density at radius 3 is 2.46 bits per heavy atom. The van der Waals surface area contributed by atoms with Crippen LogP contribution in [0.1, 0.15) is 41.5 Å². The fourth-order valence-corrected chi connectivity index (χ4v) is 5.71. The van der Waals surface area contributed by atoms with Crippen LogP contribution in [0.25, 0.3) is 11.0 Å². The average molecular weight is 499 g/mol. The van der Waals surface area contributed by atoms with E-state index < -0.39 is 28.5 Å². The van der Waals surface area contributed by atoms with Crippen molar-refractivity contribution in [1.82, 2.24) is 4.31 Å². The number of rotatable bonds is 7. The van der Waals surface area contributed by atoms with E-state index in [-0.39, 0.29) is 11.3 Å². The highest BCUT2D eigenvalue weighted by Crippen LogP contribution is 2.26.